The van der Waals surface area contributed by atoms with Crippen molar-refractivity contribution in [2.24, 2.45) is 5.92 Å². The van der Waals surface area contributed by atoms with Crippen LogP contribution < -0.4 is 0 Å². The SMILES string of the molecule is S=c1[nH]c2c(Cl)cccc2n1CCC1CCOC1. The summed E-state index contributed by atoms with van der Waals surface area (Å²) >= 11 is 11.5. The van der Waals surface area contributed by atoms with Crippen LogP contribution in [0, 0.1) is 10.7 Å². The average Bonchev–Trinajstić information content (AvgIpc) is 2.95. The second-order valence-electron chi connectivity index (χ2n) is 4.73. The zero-order valence-corrected chi connectivity index (χ0v) is 11.6. The Morgan fingerprint density at radius 2 is 2.39 bits per heavy atom. The van der Waals surface area contributed by atoms with Crippen LogP contribution in [0.1, 0.15) is 12.8 Å². The van der Waals surface area contributed by atoms with Crippen molar-refractivity contribution < 1.29 is 4.74 Å². The number of halogens is 1. The van der Waals surface area contributed by atoms with Crippen LogP contribution in [0.5, 0.6) is 0 Å². The van der Waals surface area contributed by atoms with Crippen molar-refractivity contribution in [3.05, 3.63) is 28.0 Å². The summed E-state index contributed by atoms with van der Waals surface area (Å²) in [6.45, 7) is 2.71. The Balaban J connectivity index is 1.89. The third-order valence-electron chi connectivity index (χ3n) is 3.54. The normalized spacial score (nSPS) is 19.7. The van der Waals surface area contributed by atoms with E-state index in [-0.39, 0.29) is 0 Å². The van der Waals surface area contributed by atoms with Gasteiger partial charge in [0.1, 0.15) is 0 Å². The number of imidazole rings is 1. The summed E-state index contributed by atoms with van der Waals surface area (Å²) in [7, 11) is 0. The predicted molar refractivity (Wildman–Crippen MR) is 75.7 cm³/mol. The molecule has 1 aromatic carbocycles. The highest BCUT2D eigenvalue weighted by molar-refractivity contribution is 7.71. The zero-order valence-electron chi connectivity index (χ0n) is 9.99. The van der Waals surface area contributed by atoms with E-state index < -0.39 is 0 Å². The van der Waals surface area contributed by atoms with Crippen LogP contribution in [0.2, 0.25) is 5.02 Å². The number of fused-ring (bicyclic) bond motifs is 1. The first-order chi connectivity index (χ1) is 8.75. The third kappa shape index (κ3) is 2.20. The lowest BCUT2D eigenvalue weighted by molar-refractivity contribution is 0.183. The van der Waals surface area contributed by atoms with Gasteiger partial charge in [-0.05, 0) is 43.1 Å². The van der Waals surface area contributed by atoms with Gasteiger partial charge in [-0.3, -0.25) is 0 Å². The molecule has 1 saturated heterocycles. The predicted octanol–water partition coefficient (Wildman–Crippen LogP) is 3.78. The van der Waals surface area contributed by atoms with E-state index in [1.807, 2.05) is 12.1 Å². The molecule has 1 atom stereocenters. The minimum atomic E-state index is 0.663. The molecule has 0 bridgehead atoms. The van der Waals surface area contributed by atoms with Gasteiger partial charge in [-0.25, -0.2) is 0 Å². The van der Waals surface area contributed by atoms with Crippen LogP contribution in [0.4, 0.5) is 0 Å². The van der Waals surface area contributed by atoms with E-state index in [0.29, 0.717) is 5.92 Å². The minimum Gasteiger partial charge on any atom is -0.381 e. The number of ether oxygens (including phenoxy) is 1. The molecular formula is C13H15ClN2OS. The largest absolute Gasteiger partial charge is 0.381 e. The molecule has 0 aliphatic carbocycles. The number of nitrogens with zero attached hydrogens (tertiary/aromatic N) is 1. The Hall–Kier alpha value is -0.840. The van der Waals surface area contributed by atoms with Crippen molar-refractivity contribution >= 4 is 34.9 Å². The van der Waals surface area contributed by atoms with E-state index in [1.54, 1.807) is 0 Å². The van der Waals surface area contributed by atoms with E-state index in [1.165, 1.54) is 0 Å². The van der Waals surface area contributed by atoms with Crippen molar-refractivity contribution in [1.29, 1.82) is 0 Å². The maximum atomic E-state index is 6.16. The van der Waals surface area contributed by atoms with Gasteiger partial charge in [0.15, 0.2) is 4.77 Å². The molecule has 0 radical (unpaired) electrons. The molecule has 1 aliphatic heterocycles. The Bertz CT molecular complexity index is 613. The Kier molecular flexibility index (Phi) is 3.41. The molecule has 1 aliphatic rings. The van der Waals surface area contributed by atoms with Gasteiger partial charge < -0.3 is 14.3 Å². The lowest BCUT2D eigenvalue weighted by Crippen LogP contribution is -2.06. The number of aromatic nitrogens is 2. The second kappa shape index (κ2) is 5.03. The first kappa shape index (κ1) is 12.2. The number of para-hydroxylation sites is 1. The third-order valence-corrected chi connectivity index (χ3v) is 4.18. The van der Waals surface area contributed by atoms with Gasteiger partial charge in [-0.2, -0.15) is 0 Å². The van der Waals surface area contributed by atoms with Gasteiger partial charge in [-0.1, -0.05) is 17.7 Å². The molecule has 5 heteroatoms. The van der Waals surface area contributed by atoms with E-state index >= 15 is 0 Å². The molecule has 1 fully saturated rings. The van der Waals surface area contributed by atoms with E-state index in [9.17, 15) is 0 Å². The summed E-state index contributed by atoms with van der Waals surface area (Å²) < 4.78 is 8.28. The van der Waals surface area contributed by atoms with Gasteiger partial charge in [0.25, 0.3) is 0 Å². The number of rotatable bonds is 3. The lowest BCUT2D eigenvalue weighted by Gasteiger charge is -2.08. The fourth-order valence-corrected chi connectivity index (χ4v) is 3.00. The molecule has 0 spiro atoms. The molecule has 3 rings (SSSR count). The fraction of sp³-hybridized carbons (Fsp3) is 0.462. The van der Waals surface area contributed by atoms with Crippen molar-refractivity contribution in [3.8, 4) is 0 Å². The summed E-state index contributed by atoms with van der Waals surface area (Å²) in [5.74, 6) is 0.663. The first-order valence-electron chi connectivity index (χ1n) is 6.20. The molecule has 1 N–H and O–H groups in total. The number of hydrogen-bond donors (Lipinski definition) is 1. The van der Waals surface area contributed by atoms with Crippen molar-refractivity contribution in [1.82, 2.24) is 9.55 Å². The molecule has 1 unspecified atom stereocenters. The Morgan fingerprint density at radius 1 is 1.50 bits per heavy atom. The van der Waals surface area contributed by atoms with Crippen LogP contribution in [-0.4, -0.2) is 22.8 Å². The molecule has 2 heterocycles. The standard InChI is InChI=1S/C13H15ClN2OS/c14-10-2-1-3-11-12(10)15-13(18)16(11)6-4-9-5-7-17-8-9/h1-3,9H,4-8H2,(H,15,18). The molecule has 1 aromatic heterocycles. The Morgan fingerprint density at radius 3 is 3.17 bits per heavy atom. The van der Waals surface area contributed by atoms with E-state index in [4.69, 9.17) is 28.6 Å². The molecule has 18 heavy (non-hydrogen) atoms. The number of nitrogens with one attached hydrogen (secondary N) is 1. The monoisotopic (exact) mass is 282 g/mol. The van der Waals surface area contributed by atoms with Gasteiger partial charge in [0.05, 0.1) is 16.1 Å². The minimum absolute atomic E-state index is 0.663. The summed E-state index contributed by atoms with van der Waals surface area (Å²) in [6, 6.07) is 5.89. The highest BCUT2D eigenvalue weighted by Gasteiger charge is 2.16. The van der Waals surface area contributed by atoms with Gasteiger partial charge in [0, 0.05) is 19.8 Å². The summed E-state index contributed by atoms with van der Waals surface area (Å²) in [5.41, 5.74) is 2.03. The maximum absolute atomic E-state index is 6.16. The van der Waals surface area contributed by atoms with Crippen LogP contribution in [0.25, 0.3) is 11.0 Å². The summed E-state index contributed by atoms with van der Waals surface area (Å²) in [6.07, 6.45) is 2.27. The van der Waals surface area contributed by atoms with Gasteiger partial charge in [0.2, 0.25) is 0 Å². The fourth-order valence-electron chi connectivity index (χ4n) is 2.49. The van der Waals surface area contributed by atoms with E-state index in [0.717, 1.165) is 53.4 Å². The van der Waals surface area contributed by atoms with Crippen LogP contribution >= 0.6 is 23.8 Å². The smallest absolute Gasteiger partial charge is 0.178 e. The van der Waals surface area contributed by atoms with Crippen LogP contribution in [-0.2, 0) is 11.3 Å². The number of aryl methyl sites for hydroxylation is 1. The molecular weight excluding hydrogens is 268 g/mol. The van der Waals surface area contributed by atoms with Crippen molar-refractivity contribution in [2.45, 2.75) is 19.4 Å². The zero-order chi connectivity index (χ0) is 12.5. The molecule has 0 amide bonds. The van der Waals surface area contributed by atoms with E-state index in [2.05, 4.69) is 15.6 Å². The van der Waals surface area contributed by atoms with Crippen molar-refractivity contribution in [2.75, 3.05) is 13.2 Å². The number of H-pyrrole nitrogens is 1. The average molecular weight is 283 g/mol. The maximum Gasteiger partial charge on any atom is 0.178 e. The molecule has 96 valence electrons. The summed E-state index contributed by atoms with van der Waals surface area (Å²) in [5, 5.41) is 0.724. The Labute approximate surface area is 116 Å². The number of hydrogen-bond acceptors (Lipinski definition) is 2. The van der Waals surface area contributed by atoms with Crippen LogP contribution in [0.15, 0.2) is 18.2 Å². The summed E-state index contributed by atoms with van der Waals surface area (Å²) in [4.78, 5) is 3.19. The molecule has 0 saturated carbocycles. The topological polar surface area (TPSA) is 29.9 Å². The highest BCUT2D eigenvalue weighted by Crippen LogP contribution is 2.24. The highest BCUT2D eigenvalue weighted by atomic mass is 35.5. The number of aromatic amines is 1. The first-order valence-corrected chi connectivity index (χ1v) is 6.99. The number of benzene rings is 1. The van der Waals surface area contributed by atoms with Gasteiger partial charge >= 0.3 is 0 Å². The quantitative estimate of drug-likeness (QED) is 0.869. The van der Waals surface area contributed by atoms with Gasteiger partial charge in [-0.15, -0.1) is 0 Å². The lowest BCUT2D eigenvalue weighted by atomic mass is 10.1. The molecule has 3 nitrogen and oxygen atoms in total. The van der Waals surface area contributed by atoms with Crippen molar-refractivity contribution in [3.63, 3.8) is 0 Å². The van der Waals surface area contributed by atoms with Crippen LogP contribution in [0.3, 0.4) is 0 Å². The molecule has 2 aromatic rings. The second-order valence-corrected chi connectivity index (χ2v) is 5.53.